The molecule has 1 aromatic carbocycles. The molecule has 0 unspecified atom stereocenters. The number of benzene rings is 1. The van der Waals surface area contributed by atoms with Crippen molar-refractivity contribution < 1.29 is 9.13 Å². The lowest BCUT2D eigenvalue weighted by Gasteiger charge is -2.09. The molecule has 0 aliphatic rings. The standard InChI is InChI=1S/C14H15FN2O/c1-10-14(3-2-6-17-10)18-13-8-11(4-5-16)7-12(15)9-13/h2-3,6-9H,4-5,16H2,1H3. The van der Waals surface area contributed by atoms with Gasteiger partial charge in [0, 0.05) is 12.3 Å². The van der Waals surface area contributed by atoms with Gasteiger partial charge in [-0.15, -0.1) is 0 Å². The average Bonchev–Trinajstić information content (AvgIpc) is 2.32. The van der Waals surface area contributed by atoms with Crippen LogP contribution in [0.3, 0.4) is 0 Å². The van der Waals surface area contributed by atoms with Crippen LogP contribution in [0, 0.1) is 12.7 Å². The van der Waals surface area contributed by atoms with Crippen LogP contribution < -0.4 is 10.5 Å². The molecule has 18 heavy (non-hydrogen) atoms. The van der Waals surface area contributed by atoms with E-state index in [0.29, 0.717) is 24.5 Å². The average molecular weight is 246 g/mol. The van der Waals surface area contributed by atoms with E-state index in [1.165, 1.54) is 12.1 Å². The predicted molar refractivity (Wildman–Crippen MR) is 68.2 cm³/mol. The van der Waals surface area contributed by atoms with Gasteiger partial charge < -0.3 is 10.5 Å². The molecule has 1 aromatic heterocycles. The Balaban J connectivity index is 2.26. The van der Waals surface area contributed by atoms with Crippen LogP contribution in [-0.4, -0.2) is 11.5 Å². The van der Waals surface area contributed by atoms with Gasteiger partial charge in [0.25, 0.3) is 0 Å². The van der Waals surface area contributed by atoms with Crippen molar-refractivity contribution in [2.75, 3.05) is 6.54 Å². The van der Waals surface area contributed by atoms with Crippen LogP contribution in [0.5, 0.6) is 11.5 Å². The van der Waals surface area contributed by atoms with E-state index in [9.17, 15) is 4.39 Å². The van der Waals surface area contributed by atoms with Gasteiger partial charge in [0.15, 0.2) is 0 Å². The number of halogens is 1. The summed E-state index contributed by atoms with van der Waals surface area (Å²) in [4.78, 5) is 4.12. The van der Waals surface area contributed by atoms with Gasteiger partial charge in [-0.1, -0.05) is 0 Å². The zero-order chi connectivity index (χ0) is 13.0. The second-order valence-electron chi connectivity index (χ2n) is 4.02. The predicted octanol–water partition coefficient (Wildman–Crippen LogP) is 2.82. The molecular weight excluding hydrogens is 231 g/mol. The van der Waals surface area contributed by atoms with E-state index < -0.39 is 0 Å². The van der Waals surface area contributed by atoms with Crippen LogP contribution in [0.25, 0.3) is 0 Å². The third-order valence-corrected chi connectivity index (χ3v) is 2.55. The van der Waals surface area contributed by atoms with Gasteiger partial charge in [-0.25, -0.2) is 4.39 Å². The van der Waals surface area contributed by atoms with Crippen molar-refractivity contribution in [2.24, 2.45) is 5.73 Å². The highest BCUT2D eigenvalue weighted by atomic mass is 19.1. The molecule has 0 aliphatic carbocycles. The van der Waals surface area contributed by atoms with Crippen molar-refractivity contribution in [1.29, 1.82) is 0 Å². The summed E-state index contributed by atoms with van der Waals surface area (Å²) in [6, 6.07) is 8.20. The van der Waals surface area contributed by atoms with E-state index in [2.05, 4.69) is 4.98 Å². The van der Waals surface area contributed by atoms with E-state index in [1.54, 1.807) is 24.4 Å². The molecule has 0 aliphatic heterocycles. The Morgan fingerprint density at radius 1 is 1.33 bits per heavy atom. The van der Waals surface area contributed by atoms with E-state index in [-0.39, 0.29) is 5.82 Å². The maximum atomic E-state index is 13.4. The minimum atomic E-state index is -0.322. The number of aryl methyl sites for hydroxylation is 1. The smallest absolute Gasteiger partial charge is 0.148 e. The number of pyridine rings is 1. The third kappa shape index (κ3) is 3.05. The number of nitrogens with two attached hydrogens (primary N) is 1. The molecule has 0 bridgehead atoms. The first-order valence-corrected chi connectivity index (χ1v) is 5.78. The molecular formula is C14H15FN2O. The van der Waals surface area contributed by atoms with Gasteiger partial charge in [0.1, 0.15) is 17.3 Å². The lowest BCUT2D eigenvalue weighted by atomic mass is 10.1. The summed E-state index contributed by atoms with van der Waals surface area (Å²) in [5.74, 6) is 0.772. The number of nitrogens with zero attached hydrogens (tertiary/aromatic N) is 1. The molecule has 2 N–H and O–H groups in total. The van der Waals surface area contributed by atoms with Crippen molar-refractivity contribution in [2.45, 2.75) is 13.3 Å². The normalized spacial score (nSPS) is 10.4. The van der Waals surface area contributed by atoms with Gasteiger partial charge in [-0.05, 0) is 49.7 Å². The van der Waals surface area contributed by atoms with E-state index >= 15 is 0 Å². The molecule has 0 amide bonds. The number of hydrogen-bond donors (Lipinski definition) is 1. The summed E-state index contributed by atoms with van der Waals surface area (Å²) in [6.45, 7) is 2.32. The minimum Gasteiger partial charge on any atom is -0.455 e. The Kier molecular flexibility index (Phi) is 3.89. The zero-order valence-electron chi connectivity index (χ0n) is 10.2. The highest BCUT2D eigenvalue weighted by molar-refractivity contribution is 5.36. The fourth-order valence-corrected chi connectivity index (χ4v) is 1.69. The Morgan fingerprint density at radius 2 is 2.17 bits per heavy atom. The van der Waals surface area contributed by atoms with Crippen molar-refractivity contribution in [3.8, 4) is 11.5 Å². The van der Waals surface area contributed by atoms with Crippen LogP contribution in [-0.2, 0) is 6.42 Å². The Bertz CT molecular complexity index is 543. The summed E-state index contributed by atoms with van der Waals surface area (Å²) in [5.41, 5.74) is 7.06. The van der Waals surface area contributed by atoms with Crippen molar-refractivity contribution in [1.82, 2.24) is 4.98 Å². The molecule has 3 nitrogen and oxygen atoms in total. The first kappa shape index (κ1) is 12.5. The summed E-state index contributed by atoms with van der Waals surface area (Å²) in [6.07, 6.45) is 2.31. The fourth-order valence-electron chi connectivity index (χ4n) is 1.69. The van der Waals surface area contributed by atoms with Crippen LogP contribution in [0.4, 0.5) is 4.39 Å². The molecule has 94 valence electrons. The van der Waals surface area contributed by atoms with Crippen molar-refractivity contribution in [3.05, 3.63) is 53.6 Å². The monoisotopic (exact) mass is 246 g/mol. The molecule has 4 heteroatoms. The summed E-state index contributed by atoms with van der Waals surface area (Å²) in [7, 11) is 0. The highest BCUT2D eigenvalue weighted by Gasteiger charge is 2.05. The number of aromatic nitrogens is 1. The first-order chi connectivity index (χ1) is 8.69. The maximum Gasteiger partial charge on any atom is 0.148 e. The van der Waals surface area contributed by atoms with Gasteiger partial charge in [0.2, 0.25) is 0 Å². The molecule has 0 saturated heterocycles. The molecule has 0 spiro atoms. The number of rotatable bonds is 4. The molecule has 0 radical (unpaired) electrons. The fraction of sp³-hybridized carbons (Fsp3) is 0.214. The van der Waals surface area contributed by atoms with E-state index in [0.717, 1.165) is 11.3 Å². The molecule has 2 aromatic rings. The second kappa shape index (κ2) is 5.60. The summed E-state index contributed by atoms with van der Waals surface area (Å²) >= 11 is 0. The van der Waals surface area contributed by atoms with Gasteiger partial charge in [-0.2, -0.15) is 0 Å². The number of hydrogen-bond acceptors (Lipinski definition) is 3. The first-order valence-electron chi connectivity index (χ1n) is 5.78. The quantitative estimate of drug-likeness (QED) is 0.902. The Labute approximate surface area is 105 Å². The lowest BCUT2D eigenvalue weighted by Crippen LogP contribution is -2.03. The SMILES string of the molecule is Cc1ncccc1Oc1cc(F)cc(CCN)c1. The van der Waals surface area contributed by atoms with Crippen molar-refractivity contribution in [3.63, 3.8) is 0 Å². The van der Waals surface area contributed by atoms with Crippen LogP contribution >= 0.6 is 0 Å². The van der Waals surface area contributed by atoms with Gasteiger partial charge in [0.05, 0.1) is 5.69 Å². The molecule has 2 rings (SSSR count). The third-order valence-electron chi connectivity index (χ3n) is 2.55. The van der Waals surface area contributed by atoms with Gasteiger partial charge in [-0.3, -0.25) is 4.98 Å². The molecule has 0 atom stereocenters. The topological polar surface area (TPSA) is 48.1 Å². The highest BCUT2D eigenvalue weighted by Crippen LogP contribution is 2.25. The summed E-state index contributed by atoms with van der Waals surface area (Å²) in [5, 5.41) is 0. The van der Waals surface area contributed by atoms with Crippen LogP contribution in [0.1, 0.15) is 11.3 Å². The molecule has 1 heterocycles. The lowest BCUT2D eigenvalue weighted by molar-refractivity contribution is 0.469. The Morgan fingerprint density at radius 3 is 2.89 bits per heavy atom. The maximum absolute atomic E-state index is 13.4. The zero-order valence-corrected chi connectivity index (χ0v) is 10.2. The molecule has 0 saturated carbocycles. The van der Waals surface area contributed by atoms with Crippen molar-refractivity contribution >= 4 is 0 Å². The van der Waals surface area contributed by atoms with Crippen LogP contribution in [0.2, 0.25) is 0 Å². The largest absolute Gasteiger partial charge is 0.455 e. The van der Waals surface area contributed by atoms with E-state index in [1.807, 2.05) is 6.92 Å². The molecule has 0 fully saturated rings. The minimum absolute atomic E-state index is 0.322. The van der Waals surface area contributed by atoms with Crippen LogP contribution in [0.15, 0.2) is 36.5 Å². The number of ether oxygens (including phenoxy) is 1. The summed E-state index contributed by atoms with van der Waals surface area (Å²) < 4.78 is 19.1. The second-order valence-corrected chi connectivity index (χ2v) is 4.02. The van der Waals surface area contributed by atoms with E-state index in [4.69, 9.17) is 10.5 Å². The Hall–Kier alpha value is -1.94. The van der Waals surface area contributed by atoms with Gasteiger partial charge >= 0.3 is 0 Å².